The van der Waals surface area contributed by atoms with Crippen molar-refractivity contribution in [1.82, 2.24) is 19.8 Å². The highest BCUT2D eigenvalue weighted by molar-refractivity contribution is 5.53. The number of rotatable bonds is 3. The van der Waals surface area contributed by atoms with Gasteiger partial charge in [0.2, 0.25) is 5.82 Å². The lowest BCUT2D eigenvalue weighted by Gasteiger charge is -2.10. The summed E-state index contributed by atoms with van der Waals surface area (Å²) in [5.41, 5.74) is -2.22. The van der Waals surface area contributed by atoms with Crippen molar-refractivity contribution < 1.29 is 22.5 Å². The van der Waals surface area contributed by atoms with Gasteiger partial charge in [-0.25, -0.2) is 4.79 Å². The van der Waals surface area contributed by atoms with Crippen molar-refractivity contribution in [3.8, 4) is 5.69 Å². The van der Waals surface area contributed by atoms with Crippen molar-refractivity contribution in [3.63, 3.8) is 0 Å². The summed E-state index contributed by atoms with van der Waals surface area (Å²) < 4.78 is 53.7. The van der Waals surface area contributed by atoms with Gasteiger partial charge in [0.1, 0.15) is 0 Å². The van der Waals surface area contributed by atoms with Gasteiger partial charge < -0.3 is 0 Å². The quantitative estimate of drug-likeness (QED) is 0.478. The van der Waals surface area contributed by atoms with Gasteiger partial charge >= 0.3 is 17.6 Å². The Bertz CT molecular complexity index is 888. The van der Waals surface area contributed by atoms with Crippen LogP contribution in [0.15, 0.2) is 16.9 Å². The van der Waals surface area contributed by atoms with Gasteiger partial charge in [0.25, 0.3) is 0 Å². The zero-order chi connectivity index (χ0) is 17.8. The summed E-state index contributed by atoms with van der Waals surface area (Å²) in [4.78, 5) is 21.8. The van der Waals surface area contributed by atoms with E-state index in [1.807, 2.05) is 0 Å². The Morgan fingerprint density at radius 2 is 2.00 bits per heavy atom. The van der Waals surface area contributed by atoms with Crippen molar-refractivity contribution in [2.45, 2.75) is 18.5 Å². The molecule has 1 aromatic heterocycles. The van der Waals surface area contributed by atoms with Gasteiger partial charge in [-0.05, 0) is 34.4 Å². The number of nitro groups is 1. The molecule has 2 atom stereocenters. The molecule has 24 heavy (non-hydrogen) atoms. The van der Waals surface area contributed by atoms with Gasteiger partial charge in [0, 0.05) is 13.1 Å². The fourth-order valence-corrected chi connectivity index (χ4v) is 2.55. The molecule has 1 aromatic carbocycles. The Morgan fingerprint density at radius 1 is 1.33 bits per heavy atom. The molecule has 0 N–H and O–H groups in total. The molecule has 128 valence electrons. The third kappa shape index (κ3) is 2.53. The lowest BCUT2D eigenvalue weighted by atomic mass is 10.0. The molecule has 1 aliphatic rings. The molecule has 0 bridgehead atoms. The van der Waals surface area contributed by atoms with Gasteiger partial charge in [-0.1, -0.05) is 0 Å². The SMILES string of the molecule is Cn1nnn(-c2cc([N+](=O)[O-])c(F)cc2[C@H]2C[C@@H]2C(F)(F)F)c1=O. The fraction of sp³-hybridized carbons (Fsp3) is 0.417. The zero-order valence-electron chi connectivity index (χ0n) is 12.0. The first-order chi connectivity index (χ1) is 11.1. The number of aromatic nitrogens is 4. The van der Waals surface area contributed by atoms with Gasteiger partial charge in [-0.3, -0.25) is 10.1 Å². The summed E-state index contributed by atoms with van der Waals surface area (Å²) in [7, 11) is 1.25. The Hall–Kier alpha value is -2.79. The number of nitro benzene ring substituents is 1. The van der Waals surface area contributed by atoms with Crippen LogP contribution in [0.2, 0.25) is 0 Å². The van der Waals surface area contributed by atoms with Crippen molar-refractivity contribution in [3.05, 3.63) is 44.1 Å². The number of hydrogen-bond acceptors (Lipinski definition) is 5. The number of hydrogen-bond donors (Lipinski definition) is 0. The molecule has 0 radical (unpaired) electrons. The van der Waals surface area contributed by atoms with Crippen LogP contribution < -0.4 is 5.69 Å². The molecule has 8 nitrogen and oxygen atoms in total. The summed E-state index contributed by atoms with van der Waals surface area (Å²) >= 11 is 0. The van der Waals surface area contributed by atoms with E-state index in [4.69, 9.17) is 0 Å². The summed E-state index contributed by atoms with van der Waals surface area (Å²) in [6, 6.07) is 1.36. The van der Waals surface area contributed by atoms with Crippen LogP contribution >= 0.6 is 0 Å². The second kappa shape index (κ2) is 5.11. The van der Waals surface area contributed by atoms with Crippen molar-refractivity contribution in [1.29, 1.82) is 0 Å². The molecule has 0 aliphatic heterocycles. The molecule has 1 heterocycles. The third-order valence-electron chi connectivity index (χ3n) is 3.85. The standard InChI is InChI=1S/C12H9F4N5O3/c1-19-11(22)20(18-17-19)9-4-10(21(23)24)8(13)3-6(9)5-2-7(5)12(14,15)16/h3-5,7H,2H2,1H3/t5-,7+/m1/s1. The van der Waals surface area contributed by atoms with Gasteiger partial charge in [-0.2, -0.15) is 26.9 Å². The number of halogens is 4. The largest absolute Gasteiger partial charge is 0.392 e. The Labute approximate surface area is 130 Å². The first kappa shape index (κ1) is 16.1. The van der Waals surface area contributed by atoms with Crippen LogP contribution in [0.3, 0.4) is 0 Å². The van der Waals surface area contributed by atoms with E-state index in [-0.39, 0.29) is 17.7 Å². The number of tetrazole rings is 1. The fourth-order valence-electron chi connectivity index (χ4n) is 2.55. The minimum absolute atomic E-state index is 0.164. The van der Waals surface area contributed by atoms with E-state index in [1.165, 1.54) is 7.05 Å². The van der Waals surface area contributed by atoms with E-state index >= 15 is 0 Å². The predicted octanol–water partition coefficient (Wildman–Crippen LogP) is 1.68. The average Bonchev–Trinajstić information content (AvgIpc) is 3.22. The number of aryl methyl sites for hydroxylation is 1. The number of nitrogens with zero attached hydrogens (tertiary/aromatic N) is 5. The first-order valence-corrected chi connectivity index (χ1v) is 6.65. The van der Waals surface area contributed by atoms with Gasteiger partial charge in [0.05, 0.1) is 16.5 Å². The maximum Gasteiger partial charge on any atom is 0.392 e. The van der Waals surface area contributed by atoms with E-state index in [2.05, 4.69) is 10.4 Å². The maximum absolute atomic E-state index is 13.9. The molecule has 1 fully saturated rings. The second-order valence-electron chi connectivity index (χ2n) is 5.41. The summed E-state index contributed by atoms with van der Waals surface area (Å²) in [5, 5.41) is 17.7. The Balaban J connectivity index is 2.18. The van der Waals surface area contributed by atoms with E-state index < -0.39 is 40.1 Å². The van der Waals surface area contributed by atoms with E-state index in [0.29, 0.717) is 16.8 Å². The lowest BCUT2D eigenvalue weighted by Crippen LogP contribution is -2.23. The predicted molar refractivity (Wildman–Crippen MR) is 70.1 cm³/mol. The zero-order valence-corrected chi connectivity index (χ0v) is 12.0. The molecule has 2 aromatic rings. The summed E-state index contributed by atoms with van der Waals surface area (Å²) in [6.07, 6.45) is -4.77. The monoisotopic (exact) mass is 347 g/mol. The second-order valence-corrected chi connectivity index (χ2v) is 5.41. The van der Waals surface area contributed by atoms with E-state index in [0.717, 1.165) is 4.68 Å². The lowest BCUT2D eigenvalue weighted by molar-refractivity contribution is -0.387. The maximum atomic E-state index is 13.9. The molecule has 0 amide bonds. The molecule has 1 saturated carbocycles. The van der Waals surface area contributed by atoms with Crippen LogP contribution in [-0.2, 0) is 7.05 Å². The molecular weight excluding hydrogens is 338 g/mol. The van der Waals surface area contributed by atoms with E-state index in [9.17, 15) is 32.5 Å². The Morgan fingerprint density at radius 3 is 2.46 bits per heavy atom. The summed E-state index contributed by atoms with van der Waals surface area (Å²) in [5.74, 6) is -4.06. The summed E-state index contributed by atoms with van der Waals surface area (Å²) in [6.45, 7) is 0. The normalized spacial score (nSPS) is 20.2. The number of benzene rings is 1. The molecule has 0 unspecified atom stereocenters. The minimum atomic E-state index is -4.48. The van der Waals surface area contributed by atoms with Gasteiger partial charge in [-0.15, -0.1) is 0 Å². The van der Waals surface area contributed by atoms with Crippen molar-refractivity contribution in [2.75, 3.05) is 0 Å². The van der Waals surface area contributed by atoms with Crippen LogP contribution in [0, 0.1) is 21.8 Å². The molecule has 12 heteroatoms. The molecule has 0 spiro atoms. The van der Waals surface area contributed by atoms with Crippen LogP contribution in [-0.4, -0.2) is 30.9 Å². The highest BCUT2D eigenvalue weighted by Gasteiger charge is 2.57. The van der Waals surface area contributed by atoms with Crippen LogP contribution in [0.1, 0.15) is 17.9 Å². The highest BCUT2D eigenvalue weighted by atomic mass is 19.4. The molecule has 0 saturated heterocycles. The minimum Gasteiger partial charge on any atom is -0.258 e. The van der Waals surface area contributed by atoms with Crippen LogP contribution in [0.4, 0.5) is 23.2 Å². The van der Waals surface area contributed by atoms with Crippen molar-refractivity contribution >= 4 is 5.69 Å². The van der Waals surface area contributed by atoms with E-state index in [1.54, 1.807) is 0 Å². The van der Waals surface area contributed by atoms with Crippen LogP contribution in [0.25, 0.3) is 5.69 Å². The first-order valence-electron chi connectivity index (χ1n) is 6.65. The third-order valence-corrected chi connectivity index (χ3v) is 3.85. The van der Waals surface area contributed by atoms with Crippen molar-refractivity contribution in [2.24, 2.45) is 13.0 Å². The van der Waals surface area contributed by atoms with Gasteiger partial charge in [0.15, 0.2) is 0 Å². The molecule has 1 aliphatic carbocycles. The Kier molecular flexibility index (Phi) is 3.42. The average molecular weight is 347 g/mol. The van der Waals surface area contributed by atoms with Crippen LogP contribution in [0.5, 0.6) is 0 Å². The topological polar surface area (TPSA) is 95.8 Å². The molecule has 3 rings (SSSR count). The smallest absolute Gasteiger partial charge is 0.258 e. The molecular formula is C12H9F4N5O3. The number of alkyl halides is 3. The highest BCUT2D eigenvalue weighted by Crippen LogP contribution is 2.57.